The van der Waals surface area contributed by atoms with E-state index >= 15 is 0 Å². The molecule has 0 heterocycles. The van der Waals surface area contributed by atoms with Gasteiger partial charge in [0, 0.05) is 10.5 Å². The van der Waals surface area contributed by atoms with Gasteiger partial charge in [-0.1, -0.05) is 22.9 Å². The van der Waals surface area contributed by atoms with Gasteiger partial charge in [-0.05, 0) is 24.6 Å². The number of aliphatic carboxylic acids is 1. The number of halogens is 1. The molecule has 1 atom stereocenters. The molecule has 0 radical (unpaired) electrons. The van der Waals surface area contributed by atoms with E-state index in [0.29, 0.717) is 17.7 Å². The second-order valence-corrected chi connectivity index (χ2v) is 5.02. The van der Waals surface area contributed by atoms with Gasteiger partial charge < -0.3 is 15.7 Å². The highest BCUT2D eigenvalue weighted by Crippen LogP contribution is 2.20. The minimum atomic E-state index is -0.975. The smallest absolute Gasteiger partial charge is 0.319 e. The van der Waals surface area contributed by atoms with E-state index in [1.165, 1.54) is 0 Å². The van der Waals surface area contributed by atoms with Crippen molar-refractivity contribution in [3.05, 3.63) is 28.2 Å². The van der Waals surface area contributed by atoms with Crippen molar-refractivity contribution in [2.75, 3.05) is 5.32 Å². The second-order valence-electron chi connectivity index (χ2n) is 4.10. The molecule has 106 valence electrons. The van der Waals surface area contributed by atoms with Crippen LogP contribution >= 0.6 is 15.9 Å². The molecule has 0 aliphatic heterocycles. The number of hydrogen-bond donors (Lipinski definition) is 3. The monoisotopic (exact) mass is 339 g/mol. The fourth-order valence-corrected chi connectivity index (χ4v) is 1.93. The molecule has 6 nitrogen and oxygen atoms in total. The van der Waals surface area contributed by atoms with Gasteiger partial charge >= 0.3 is 12.0 Å². The lowest BCUT2D eigenvalue weighted by atomic mass is 10.1. The summed E-state index contributed by atoms with van der Waals surface area (Å²) >= 11 is 3.25. The Bertz CT molecular complexity index is 554. The highest BCUT2D eigenvalue weighted by atomic mass is 79.9. The van der Waals surface area contributed by atoms with Gasteiger partial charge in [0.1, 0.15) is 6.07 Å². The van der Waals surface area contributed by atoms with Gasteiger partial charge in [0.15, 0.2) is 0 Å². The average Bonchev–Trinajstić information content (AvgIpc) is 2.37. The number of nitrogens with one attached hydrogen (secondary N) is 2. The fourth-order valence-electron chi connectivity index (χ4n) is 1.57. The molecule has 1 unspecified atom stereocenters. The van der Waals surface area contributed by atoms with Crippen LogP contribution in [0.15, 0.2) is 22.7 Å². The van der Waals surface area contributed by atoms with E-state index in [-0.39, 0.29) is 6.42 Å². The van der Waals surface area contributed by atoms with Gasteiger partial charge in [-0.15, -0.1) is 0 Å². The lowest BCUT2D eigenvalue weighted by Crippen LogP contribution is -2.39. The molecule has 0 bridgehead atoms. The summed E-state index contributed by atoms with van der Waals surface area (Å²) in [5.41, 5.74) is 0.694. The Morgan fingerprint density at radius 1 is 1.50 bits per heavy atom. The summed E-state index contributed by atoms with van der Waals surface area (Å²) in [5, 5.41) is 22.8. The molecule has 1 aromatic carbocycles. The molecular weight excluding hydrogens is 326 g/mol. The van der Waals surface area contributed by atoms with Crippen LogP contribution in [-0.2, 0) is 4.79 Å². The Morgan fingerprint density at radius 2 is 2.20 bits per heavy atom. The van der Waals surface area contributed by atoms with E-state index in [0.717, 1.165) is 4.47 Å². The number of anilines is 1. The number of hydrogen-bond acceptors (Lipinski definition) is 3. The first-order valence-electron chi connectivity index (χ1n) is 5.95. The zero-order valence-corrected chi connectivity index (χ0v) is 12.4. The Hall–Kier alpha value is -2.07. The summed E-state index contributed by atoms with van der Waals surface area (Å²) in [7, 11) is 0. The van der Waals surface area contributed by atoms with Gasteiger partial charge in [-0.25, -0.2) is 4.79 Å². The number of benzene rings is 1. The maximum absolute atomic E-state index is 11.8. The summed E-state index contributed by atoms with van der Waals surface area (Å²) in [6.45, 7) is 1.79. The molecular formula is C13H14BrN3O3. The van der Waals surface area contributed by atoms with E-state index in [4.69, 9.17) is 10.4 Å². The van der Waals surface area contributed by atoms with Crippen LogP contribution in [0, 0.1) is 11.3 Å². The molecule has 20 heavy (non-hydrogen) atoms. The highest BCUT2D eigenvalue weighted by molar-refractivity contribution is 9.10. The number of carboxylic acid groups (broad SMARTS) is 1. The van der Waals surface area contributed by atoms with E-state index in [1.807, 2.05) is 6.07 Å². The molecule has 2 amide bonds. The third-order valence-corrected chi connectivity index (χ3v) is 3.09. The van der Waals surface area contributed by atoms with E-state index in [1.54, 1.807) is 25.1 Å². The summed E-state index contributed by atoms with van der Waals surface area (Å²) in [5.74, 6) is -0.975. The van der Waals surface area contributed by atoms with Crippen molar-refractivity contribution in [2.45, 2.75) is 25.8 Å². The maximum atomic E-state index is 11.8. The van der Waals surface area contributed by atoms with Crippen LogP contribution < -0.4 is 10.6 Å². The van der Waals surface area contributed by atoms with Crippen LogP contribution in [0.2, 0.25) is 0 Å². The Morgan fingerprint density at radius 3 is 2.75 bits per heavy atom. The Labute approximate surface area is 124 Å². The van der Waals surface area contributed by atoms with Gasteiger partial charge in [0.25, 0.3) is 0 Å². The number of carboxylic acids is 1. The second kappa shape index (κ2) is 7.50. The van der Waals surface area contributed by atoms with Crippen molar-refractivity contribution < 1.29 is 14.7 Å². The SMILES string of the molecule is CCC(CC(=O)O)NC(=O)Nc1cc(Br)ccc1C#N. The summed E-state index contributed by atoms with van der Waals surface area (Å²) in [6.07, 6.45) is 0.358. The normalized spacial score (nSPS) is 11.2. The lowest BCUT2D eigenvalue weighted by Gasteiger charge is -2.16. The molecule has 0 fully saturated rings. The van der Waals surface area contributed by atoms with Crippen molar-refractivity contribution in [3.63, 3.8) is 0 Å². The Kier molecular flexibility index (Phi) is 6.00. The first-order chi connectivity index (χ1) is 9.46. The molecule has 1 aromatic rings. The van der Waals surface area contributed by atoms with Gasteiger partial charge in [0.2, 0.25) is 0 Å². The predicted octanol–water partition coefficient (Wildman–Crippen LogP) is 2.70. The van der Waals surface area contributed by atoms with E-state index < -0.39 is 18.0 Å². The number of urea groups is 1. The molecule has 1 rings (SSSR count). The van der Waals surface area contributed by atoms with Crippen LogP contribution in [0.3, 0.4) is 0 Å². The molecule has 0 saturated heterocycles. The van der Waals surface area contributed by atoms with Crippen molar-refractivity contribution in [1.29, 1.82) is 5.26 Å². The third-order valence-electron chi connectivity index (χ3n) is 2.60. The number of rotatable bonds is 5. The van der Waals surface area contributed by atoms with Crippen LogP contribution in [0.5, 0.6) is 0 Å². The average molecular weight is 340 g/mol. The largest absolute Gasteiger partial charge is 0.481 e. The quantitative estimate of drug-likeness (QED) is 0.767. The fraction of sp³-hybridized carbons (Fsp3) is 0.308. The standard InChI is InChI=1S/C13H14BrN3O3/c1-2-10(6-12(18)19)16-13(20)17-11-5-9(14)4-3-8(11)7-15/h3-5,10H,2,6H2,1H3,(H,18,19)(H2,16,17,20). The van der Waals surface area contributed by atoms with Crippen LogP contribution in [0.25, 0.3) is 0 Å². The van der Waals surface area contributed by atoms with Crippen molar-refractivity contribution in [2.24, 2.45) is 0 Å². The third kappa shape index (κ3) is 4.90. The van der Waals surface area contributed by atoms with E-state index in [9.17, 15) is 9.59 Å². The number of nitrogens with zero attached hydrogens (tertiary/aromatic N) is 1. The first kappa shape index (κ1) is 16.0. The van der Waals surface area contributed by atoms with Crippen molar-refractivity contribution >= 4 is 33.6 Å². The number of carbonyl (C=O) groups is 2. The Balaban J connectivity index is 2.73. The summed E-state index contributed by atoms with van der Waals surface area (Å²) in [4.78, 5) is 22.4. The molecule has 0 aromatic heterocycles. The summed E-state index contributed by atoms with van der Waals surface area (Å²) in [6, 6.07) is 5.86. The van der Waals surface area contributed by atoms with E-state index in [2.05, 4.69) is 26.6 Å². The molecule has 0 aliphatic carbocycles. The number of amides is 2. The molecule has 0 saturated carbocycles. The van der Waals surface area contributed by atoms with Crippen LogP contribution in [-0.4, -0.2) is 23.1 Å². The predicted molar refractivity (Wildman–Crippen MR) is 77.3 cm³/mol. The topological polar surface area (TPSA) is 102 Å². The minimum absolute atomic E-state index is 0.145. The number of carbonyl (C=O) groups excluding carboxylic acids is 1. The minimum Gasteiger partial charge on any atom is -0.481 e. The van der Waals surface area contributed by atoms with Gasteiger partial charge in [0.05, 0.1) is 17.7 Å². The molecule has 0 spiro atoms. The van der Waals surface area contributed by atoms with Crippen molar-refractivity contribution in [3.8, 4) is 6.07 Å². The zero-order chi connectivity index (χ0) is 15.1. The van der Waals surface area contributed by atoms with Gasteiger partial charge in [-0.2, -0.15) is 5.26 Å². The number of nitriles is 1. The van der Waals surface area contributed by atoms with Gasteiger partial charge in [-0.3, -0.25) is 4.79 Å². The maximum Gasteiger partial charge on any atom is 0.319 e. The highest BCUT2D eigenvalue weighted by Gasteiger charge is 2.15. The van der Waals surface area contributed by atoms with Crippen LogP contribution in [0.1, 0.15) is 25.3 Å². The lowest BCUT2D eigenvalue weighted by molar-refractivity contribution is -0.137. The molecule has 7 heteroatoms. The molecule has 0 aliphatic rings. The van der Waals surface area contributed by atoms with Crippen LogP contribution in [0.4, 0.5) is 10.5 Å². The summed E-state index contributed by atoms with van der Waals surface area (Å²) < 4.78 is 0.726. The first-order valence-corrected chi connectivity index (χ1v) is 6.74. The van der Waals surface area contributed by atoms with Crippen molar-refractivity contribution in [1.82, 2.24) is 5.32 Å². The zero-order valence-electron chi connectivity index (χ0n) is 10.8. The molecule has 3 N–H and O–H groups in total.